The molecule has 0 saturated carbocycles. The van der Waals surface area contributed by atoms with E-state index in [9.17, 15) is 9.59 Å². The van der Waals surface area contributed by atoms with Gasteiger partial charge in [-0.25, -0.2) is 10.2 Å². The molecule has 0 unspecified atom stereocenters. The fraction of sp³-hybridized carbons (Fsp3) is 0.526. The summed E-state index contributed by atoms with van der Waals surface area (Å²) in [5.41, 5.74) is 3.21. The molecule has 0 bridgehead atoms. The molecule has 1 aromatic rings. The van der Waals surface area contributed by atoms with Crippen molar-refractivity contribution in [3.05, 3.63) is 22.2 Å². The zero-order valence-corrected chi connectivity index (χ0v) is 18.2. The summed E-state index contributed by atoms with van der Waals surface area (Å²) in [6.45, 7) is 7.05. The van der Waals surface area contributed by atoms with Gasteiger partial charge in [-0.15, -0.1) is 0 Å². The Morgan fingerprint density at radius 2 is 2.00 bits per heavy atom. The van der Waals surface area contributed by atoms with Gasteiger partial charge in [0.25, 0.3) is 5.91 Å². The monoisotopic (exact) mass is 471 g/mol. The standard InChI is InChI=1S/C19H26BrN3O6/c1-3-27-16-10-14(9-15(20)19(16)29-13-18(25)28-4-2)11-21-22-17(24)12-23-5-7-26-8-6-23/h9-11H,3-8,12-13H2,1-2H3,(H,22,24)/b21-11+. The number of carbonyl (C=O) groups is 2. The molecule has 1 heterocycles. The van der Waals surface area contributed by atoms with E-state index in [1.807, 2.05) is 11.8 Å². The number of hydrogen-bond acceptors (Lipinski definition) is 8. The molecule has 1 aliphatic heterocycles. The molecule has 1 aliphatic rings. The third-order valence-corrected chi connectivity index (χ3v) is 4.43. The van der Waals surface area contributed by atoms with Crippen molar-refractivity contribution in [2.24, 2.45) is 5.10 Å². The van der Waals surface area contributed by atoms with Crippen LogP contribution < -0.4 is 14.9 Å². The Morgan fingerprint density at radius 1 is 1.24 bits per heavy atom. The van der Waals surface area contributed by atoms with Gasteiger partial charge in [0.1, 0.15) is 0 Å². The number of nitrogens with one attached hydrogen (secondary N) is 1. The van der Waals surface area contributed by atoms with Gasteiger partial charge in [-0.2, -0.15) is 5.10 Å². The first-order valence-electron chi connectivity index (χ1n) is 9.40. The maximum Gasteiger partial charge on any atom is 0.344 e. The number of morpholine rings is 1. The minimum Gasteiger partial charge on any atom is -0.490 e. The summed E-state index contributed by atoms with van der Waals surface area (Å²) in [5, 5.41) is 4.00. The largest absolute Gasteiger partial charge is 0.490 e. The Morgan fingerprint density at radius 3 is 2.69 bits per heavy atom. The number of esters is 1. The highest BCUT2D eigenvalue weighted by Gasteiger charge is 2.15. The predicted molar refractivity (Wildman–Crippen MR) is 110 cm³/mol. The predicted octanol–water partition coefficient (Wildman–Crippen LogP) is 1.57. The second kappa shape index (κ2) is 12.4. The molecule has 2 rings (SSSR count). The number of rotatable bonds is 10. The first kappa shape index (κ1) is 23.1. The number of halogens is 1. The van der Waals surface area contributed by atoms with E-state index in [1.54, 1.807) is 19.1 Å². The Balaban J connectivity index is 1.98. The second-order valence-electron chi connectivity index (χ2n) is 6.04. The molecule has 1 amide bonds. The average Bonchev–Trinajstić information content (AvgIpc) is 2.68. The quantitative estimate of drug-likeness (QED) is 0.314. The zero-order valence-electron chi connectivity index (χ0n) is 16.6. The van der Waals surface area contributed by atoms with Crippen molar-refractivity contribution < 1.29 is 28.5 Å². The van der Waals surface area contributed by atoms with Crippen LogP contribution in [0.25, 0.3) is 0 Å². The first-order valence-corrected chi connectivity index (χ1v) is 10.2. The fourth-order valence-corrected chi connectivity index (χ4v) is 3.15. The molecular formula is C19H26BrN3O6. The summed E-state index contributed by atoms with van der Waals surface area (Å²) in [6, 6.07) is 3.47. The minimum atomic E-state index is -0.463. The number of ether oxygens (including phenoxy) is 4. The number of hydrogen-bond donors (Lipinski definition) is 1. The Bertz CT molecular complexity index is 722. The van der Waals surface area contributed by atoms with Gasteiger partial charge in [0.2, 0.25) is 0 Å². The normalized spacial score (nSPS) is 14.6. The first-order chi connectivity index (χ1) is 14.0. The van der Waals surface area contributed by atoms with Gasteiger partial charge in [0.05, 0.1) is 43.7 Å². The van der Waals surface area contributed by atoms with Gasteiger partial charge >= 0.3 is 5.97 Å². The van der Waals surface area contributed by atoms with Gasteiger partial charge in [0.15, 0.2) is 18.1 Å². The van der Waals surface area contributed by atoms with Crippen molar-refractivity contribution in [3.8, 4) is 11.5 Å². The van der Waals surface area contributed by atoms with Crippen LogP contribution >= 0.6 is 15.9 Å². The Kier molecular flexibility index (Phi) is 9.89. The Labute approximate surface area is 178 Å². The molecule has 0 aromatic heterocycles. The van der Waals surface area contributed by atoms with E-state index in [4.69, 9.17) is 18.9 Å². The summed E-state index contributed by atoms with van der Waals surface area (Å²) in [6.07, 6.45) is 1.51. The Hall–Kier alpha value is -2.17. The van der Waals surface area contributed by atoms with E-state index >= 15 is 0 Å². The molecule has 1 fully saturated rings. The third kappa shape index (κ3) is 8.00. The summed E-state index contributed by atoms with van der Waals surface area (Å²) in [7, 11) is 0. The SMILES string of the molecule is CCOC(=O)COc1c(Br)cc(/C=N/NC(=O)CN2CCOCC2)cc1OCC. The minimum absolute atomic E-state index is 0.193. The van der Waals surface area contributed by atoms with Crippen LogP contribution in [-0.2, 0) is 19.1 Å². The van der Waals surface area contributed by atoms with E-state index in [-0.39, 0.29) is 25.7 Å². The van der Waals surface area contributed by atoms with Crippen molar-refractivity contribution in [1.29, 1.82) is 0 Å². The molecule has 10 heteroatoms. The smallest absolute Gasteiger partial charge is 0.344 e. The average molecular weight is 472 g/mol. The lowest BCUT2D eigenvalue weighted by Crippen LogP contribution is -2.42. The van der Waals surface area contributed by atoms with Crippen LogP contribution in [0.5, 0.6) is 11.5 Å². The van der Waals surface area contributed by atoms with Crippen molar-refractivity contribution in [1.82, 2.24) is 10.3 Å². The molecule has 9 nitrogen and oxygen atoms in total. The maximum atomic E-state index is 12.0. The van der Waals surface area contributed by atoms with Gasteiger partial charge in [-0.1, -0.05) is 0 Å². The highest BCUT2D eigenvalue weighted by atomic mass is 79.9. The molecule has 0 spiro atoms. The van der Waals surface area contributed by atoms with Gasteiger partial charge in [-0.05, 0) is 47.5 Å². The number of nitrogens with zero attached hydrogens (tertiary/aromatic N) is 2. The molecule has 0 radical (unpaired) electrons. The maximum absolute atomic E-state index is 12.0. The van der Waals surface area contributed by atoms with Crippen LogP contribution in [0.2, 0.25) is 0 Å². The molecule has 1 N–H and O–H groups in total. The molecule has 0 atom stereocenters. The number of benzene rings is 1. The van der Waals surface area contributed by atoms with Crippen LogP contribution in [0.4, 0.5) is 0 Å². The van der Waals surface area contributed by atoms with E-state index < -0.39 is 5.97 Å². The van der Waals surface area contributed by atoms with E-state index in [1.165, 1.54) is 6.21 Å². The highest BCUT2D eigenvalue weighted by Crippen LogP contribution is 2.36. The number of hydrazone groups is 1. The lowest BCUT2D eigenvalue weighted by atomic mass is 10.2. The molecule has 1 saturated heterocycles. The fourth-order valence-electron chi connectivity index (χ4n) is 2.58. The van der Waals surface area contributed by atoms with Gasteiger partial charge < -0.3 is 18.9 Å². The molecule has 160 valence electrons. The third-order valence-electron chi connectivity index (χ3n) is 3.85. The highest BCUT2D eigenvalue weighted by molar-refractivity contribution is 9.10. The molecule has 0 aliphatic carbocycles. The van der Waals surface area contributed by atoms with Crippen molar-refractivity contribution in [2.45, 2.75) is 13.8 Å². The lowest BCUT2D eigenvalue weighted by molar-refractivity contribution is -0.145. The second-order valence-corrected chi connectivity index (χ2v) is 6.89. The summed E-state index contributed by atoms with van der Waals surface area (Å²) < 4.78 is 21.9. The van der Waals surface area contributed by atoms with Gasteiger partial charge in [0, 0.05) is 13.1 Å². The van der Waals surface area contributed by atoms with Crippen molar-refractivity contribution in [2.75, 3.05) is 52.7 Å². The van der Waals surface area contributed by atoms with Crippen molar-refractivity contribution >= 4 is 34.0 Å². The number of carbonyl (C=O) groups excluding carboxylic acids is 2. The van der Waals surface area contributed by atoms with E-state index in [0.717, 1.165) is 13.1 Å². The molecule has 29 heavy (non-hydrogen) atoms. The van der Waals surface area contributed by atoms with Crippen LogP contribution in [0, 0.1) is 0 Å². The van der Waals surface area contributed by atoms with Crippen LogP contribution in [0.3, 0.4) is 0 Å². The van der Waals surface area contributed by atoms with Crippen LogP contribution in [0.1, 0.15) is 19.4 Å². The van der Waals surface area contributed by atoms with E-state index in [0.29, 0.717) is 41.4 Å². The lowest BCUT2D eigenvalue weighted by Gasteiger charge is -2.25. The van der Waals surface area contributed by atoms with Crippen LogP contribution in [0.15, 0.2) is 21.7 Å². The number of amides is 1. The summed E-state index contributed by atoms with van der Waals surface area (Å²) in [5.74, 6) is 0.192. The van der Waals surface area contributed by atoms with E-state index in [2.05, 4.69) is 26.5 Å². The summed E-state index contributed by atoms with van der Waals surface area (Å²) in [4.78, 5) is 25.5. The van der Waals surface area contributed by atoms with Gasteiger partial charge in [-0.3, -0.25) is 9.69 Å². The summed E-state index contributed by atoms with van der Waals surface area (Å²) >= 11 is 3.42. The van der Waals surface area contributed by atoms with Crippen LogP contribution in [-0.4, -0.2) is 75.7 Å². The van der Waals surface area contributed by atoms with Crippen molar-refractivity contribution in [3.63, 3.8) is 0 Å². The molecule has 1 aromatic carbocycles. The molecular weight excluding hydrogens is 446 g/mol. The zero-order chi connectivity index (χ0) is 21.1. The topological polar surface area (TPSA) is 98.7 Å².